The summed E-state index contributed by atoms with van der Waals surface area (Å²) in [5.41, 5.74) is 4.58. The van der Waals surface area contributed by atoms with E-state index in [4.69, 9.17) is 14.2 Å². The summed E-state index contributed by atoms with van der Waals surface area (Å²) in [4.78, 5) is 16.0. The van der Waals surface area contributed by atoms with E-state index in [1.165, 1.54) is 18.4 Å². The van der Waals surface area contributed by atoms with Gasteiger partial charge in [-0.1, -0.05) is 50.1 Å². The van der Waals surface area contributed by atoms with E-state index in [2.05, 4.69) is 24.2 Å². The second kappa shape index (κ2) is 16.4. The minimum absolute atomic E-state index is 0.121. The number of rotatable bonds is 14. The molecule has 5 rings (SSSR count). The molecule has 1 fully saturated rings. The highest BCUT2D eigenvalue weighted by Gasteiger charge is 2.25. The Morgan fingerprint density at radius 1 is 0.935 bits per heavy atom. The van der Waals surface area contributed by atoms with Gasteiger partial charge in [0.15, 0.2) is 9.84 Å². The first-order valence-corrected chi connectivity index (χ1v) is 18.0. The summed E-state index contributed by atoms with van der Waals surface area (Å²) in [5.74, 6) is 0.331. The van der Waals surface area contributed by atoms with Crippen LogP contribution in [0, 0.1) is 0 Å². The molecule has 0 aliphatic carbocycles. The smallest absolute Gasteiger partial charge is 0.251 e. The molecule has 0 spiro atoms. The lowest BCUT2D eigenvalue weighted by atomic mass is 10.0. The quantitative estimate of drug-likeness (QED) is 0.194. The van der Waals surface area contributed by atoms with Crippen LogP contribution in [-0.4, -0.2) is 71.1 Å². The van der Waals surface area contributed by atoms with E-state index in [1.54, 1.807) is 12.1 Å². The minimum atomic E-state index is -3.55. The number of benzene rings is 3. The summed E-state index contributed by atoms with van der Waals surface area (Å²) < 4.78 is 43.2. The van der Waals surface area contributed by atoms with E-state index in [0.717, 1.165) is 62.5 Å². The van der Waals surface area contributed by atoms with Crippen LogP contribution in [0.2, 0.25) is 0 Å². The molecule has 246 valence electrons. The number of amides is 1. The van der Waals surface area contributed by atoms with Crippen molar-refractivity contribution in [2.24, 2.45) is 0 Å². The number of fused-ring (bicyclic) bond motifs is 1. The van der Waals surface area contributed by atoms with Crippen LogP contribution >= 0.6 is 0 Å². The maximum Gasteiger partial charge on any atom is 0.251 e. The molecule has 0 unspecified atom stereocenters. The maximum atomic E-state index is 13.4. The highest BCUT2D eigenvalue weighted by atomic mass is 32.2. The van der Waals surface area contributed by atoms with Gasteiger partial charge in [-0.05, 0) is 97.5 Å². The van der Waals surface area contributed by atoms with Gasteiger partial charge in [-0.2, -0.15) is 0 Å². The van der Waals surface area contributed by atoms with Crippen molar-refractivity contribution in [2.45, 2.75) is 62.9 Å². The van der Waals surface area contributed by atoms with Crippen LogP contribution in [0.4, 0.5) is 5.69 Å². The molecule has 0 radical (unpaired) electrons. The molecule has 1 saturated heterocycles. The Labute approximate surface area is 273 Å². The summed E-state index contributed by atoms with van der Waals surface area (Å²) in [6.45, 7) is 6.39. The number of carbonyl (C=O) groups excluding carboxylic acids is 1. The van der Waals surface area contributed by atoms with E-state index in [9.17, 15) is 13.2 Å². The Morgan fingerprint density at radius 2 is 1.67 bits per heavy atom. The van der Waals surface area contributed by atoms with Gasteiger partial charge in [0.2, 0.25) is 0 Å². The lowest BCUT2D eigenvalue weighted by Crippen LogP contribution is -2.36. The number of nitrogens with zero attached hydrogens (tertiary/aromatic N) is 1. The van der Waals surface area contributed by atoms with Crippen molar-refractivity contribution in [3.63, 3.8) is 0 Å². The molecule has 2 aliphatic rings. The predicted octanol–water partition coefficient (Wildman–Crippen LogP) is 6.75. The van der Waals surface area contributed by atoms with E-state index in [0.29, 0.717) is 36.1 Å². The molecule has 1 amide bonds. The summed E-state index contributed by atoms with van der Waals surface area (Å²) in [6.07, 6.45) is 7.34. The lowest BCUT2D eigenvalue weighted by molar-refractivity contribution is -0.112. The highest BCUT2D eigenvalue weighted by molar-refractivity contribution is 7.91. The average Bonchev–Trinajstić information content (AvgIpc) is 3.21. The van der Waals surface area contributed by atoms with Gasteiger partial charge in [0.05, 0.1) is 17.3 Å². The summed E-state index contributed by atoms with van der Waals surface area (Å²) in [6, 6.07) is 21.4. The van der Waals surface area contributed by atoms with Crippen LogP contribution in [0.5, 0.6) is 5.75 Å². The summed E-state index contributed by atoms with van der Waals surface area (Å²) >= 11 is 0. The Morgan fingerprint density at radius 3 is 2.41 bits per heavy atom. The van der Waals surface area contributed by atoms with Gasteiger partial charge >= 0.3 is 0 Å². The van der Waals surface area contributed by atoms with Crippen LogP contribution in [0.25, 0.3) is 17.2 Å². The third-order valence-corrected chi connectivity index (χ3v) is 10.4. The summed E-state index contributed by atoms with van der Waals surface area (Å²) in [7, 11) is -1.41. The first-order valence-electron chi connectivity index (χ1n) is 16.4. The molecule has 2 heterocycles. The first kappa shape index (κ1) is 33.9. The molecular weight excluding hydrogens is 600 g/mol. The van der Waals surface area contributed by atoms with E-state index in [1.807, 2.05) is 60.7 Å². The maximum absolute atomic E-state index is 13.4. The second-order valence-corrected chi connectivity index (χ2v) is 14.2. The number of sulfone groups is 1. The van der Waals surface area contributed by atoms with Gasteiger partial charge in [0.25, 0.3) is 5.91 Å². The van der Waals surface area contributed by atoms with Crippen molar-refractivity contribution < 1.29 is 27.4 Å². The lowest BCUT2D eigenvalue weighted by Gasteiger charge is -2.31. The molecule has 0 saturated carbocycles. The van der Waals surface area contributed by atoms with Gasteiger partial charge < -0.3 is 19.5 Å². The zero-order valence-corrected chi connectivity index (χ0v) is 27.8. The van der Waals surface area contributed by atoms with Crippen molar-refractivity contribution in [3.8, 4) is 16.9 Å². The van der Waals surface area contributed by atoms with Crippen molar-refractivity contribution in [3.05, 3.63) is 83.4 Å². The number of ether oxygens (including phenoxy) is 3. The van der Waals surface area contributed by atoms with Crippen LogP contribution in [0.3, 0.4) is 0 Å². The molecule has 1 N–H and O–H groups in total. The standard InChI is InChI=1S/C37H46N2O6S/c1-3-4-5-19-43-22-23-45-35-13-8-29(9-14-35)30-10-15-36-32(25-30)26-31(18-24-46(36,41)42)37(40)38-33-11-6-28(7-12-33)27-39(2)34-16-20-44-21-17-34/h6-15,25-26,34H,3-5,16-24,27H2,1-2H3,(H,38,40). The number of unbranched alkanes of at least 4 members (excludes halogenated alkanes) is 2. The summed E-state index contributed by atoms with van der Waals surface area (Å²) in [5, 5.41) is 2.97. The second-order valence-electron chi connectivity index (χ2n) is 12.1. The van der Waals surface area contributed by atoms with Crippen molar-refractivity contribution in [1.82, 2.24) is 4.90 Å². The number of anilines is 1. The van der Waals surface area contributed by atoms with E-state index >= 15 is 0 Å². The molecule has 2 aliphatic heterocycles. The third kappa shape index (κ3) is 9.28. The molecule has 3 aromatic carbocycles. The highest BCUT2D eigenvalue weighted by Crippen LogP contribution is 2.32. The fourth-order valence-electron chi connectivity index (χ4n) is 5.88. The minimum Gasteiger partial charge on any atom is -0.491 e. The number of hydrogen-bond acceptors (Lipinski definition) is 7. The van der Waals surface area contributed by atoms with E-state index in [-0.39, 0.29) is 23.0 Å². The Hall–Kier alpha value is -3.50. The van der Waals surface area contributed by atoms with Crippen LogP contribution in [0.1, 0.15) is 56.6 Å². The van der Waals surface area contributed by atoms with Crippen LogP contribution < -0.4 is 10.1 Å². The Balaban J connectivity index is 1.22. The van der Waals surface area contributed by atoms with Crippen LogP contribution in [-0.2, 0) is 30.7 Å². The number of carbonyl (C=O) groups is 1. The monoisotopic (exact) mass is 646 g/mol. The van der Waals surface area contributed by atoms with Gasteiger partial charge in [-0.3, -0.25) is 9.69 Å². The molecule has 0 aromatic heterocycles. The number of hydrogen-bond donors (Lipinski definition) is 1. The van der Waals surface area contributed by atoms with Gasteiger partial charge in [0, 0.05) is 43.7 Å². The van der Waals surface area contributed by atoms with Gasteiger partial charge in [0.1, 0.15) is 12.4 Å². The van der Waals surface area contributed by atoms with Crippen molar-refractivity contribution in [2.75, 3.05) is 51.2 Å². The Kier molecular flexibility index (Phi) is 12.0. The zero-order valence-electron chi connectivity index (χ0n) is 27.0. The fourth-order valence-corrected chi connectivity index (χ4v) is 7.34. The molecule has 0 atom stereocenters. The fraction of sp³-hybridized carbons (Fsp3) is 0.432. The largest absolute Gasteiger partial charge is 0.491 e. The Bertz CT molecular complexity index is 1580. The predicted molar refractivity (Wildman–Crippen MR) is 183 cm³/mol. The topological polar surface area (TPSA) is 94.2 Å². The number of nitrogens with one attached hydrogen (secondary N) is 1. The normalized spacial score (nSPS) is 16.4. The molecular formula is C37H46N2O6S. The SMILES string of the molecule is CCCCCOCCOc1ccc(-c2ccc3c(c2)C=C(C(=O)Nc2ccc(CN(C)C4CCOCC4)cc2)CCS3(=O)=O)cc1. The van der Waals surface area contributed by atoms with E-state index < -0.39 is 9.84 Å². The van der Waals surface area contributed by atoms with Crippen molar-refractivity contribution in [1.29, 1.82) is 0 Å². The van der Waals surface area contributed by atoms with Gasteiger partial charge in [-0.15, -0.1) is 0 Å². The average molecular weight is 647 g/mol. The zero-order chi connectivity index (χ0) is 32.4. The van der Waals surface area contributed by atoms with Crippen molar-refractivity contribution >= 4 is 27.5 Å². The third-order valence-electron chi connectivity index (χ3n) is 8.64. The molecule has 46 heavy (non-hydrogen) atoms. The first-order chi connectivity index (χ1) is 22.3. The van der Waals surface area contributed by atoms with Crippen LogP contribution in [0.15, 0.2) is 77.2 Å². The molecule has 9 heteroatoms. The van der Waals surface area contributed by atoms with Gasteiger partial charge in [-0.25, -0.2) is 8.42 Å². The molecule has 3 aromatic rings. The molecule has 8 nitrogen and oxygen atoms in total. The molecule has 0 bridgehead atoms.